The third-order valence-corrected chi connectivity index (χ3v) is 5.64. The average Bonchev–Trinajstić information content (AvgIpc) is 2.61. The molecule has 1 unspecified atom stereocenters. The van der Waals surface area contributed by atoms with Crippen molar-refractivity contribution in [2.24, 2.45) is 4.40 Å². The molecule has 0 aliphatic heterocycles. The van der Waals surface area contributed by atoms with Crippen LogP contribution in [0, 0.1) is 18.6 Å². The van der Waals surface area contributed by atoms with Gasteiger partial charge in [0.15, 0.2) is 5.05 Å². The summed E-state index contributed by atoms with van der Waals surface area (Å²) in [5, 5.41) is 0.200. The Kier molecular flexibility index (Phi) is 7.31. The van der Waals surface area contributed by atoms with Crippen LogP contribution in [-0.4, -0.2) is 27.2 Å². The number of aryl methyl sites for hydroxylation is 1. The molecule has 28 heavy (non-hydrogen) atoms. The fourth-order valence-corrected chi connectivity index (χ4v) is 3.39. The summed E-state index contributed by atoms with van der Waals surface area (Å²) < 4.78 is 50.6. The molecule has 7 heteroatoms. The number of nitrogens with zero attached hydrogens (tertiary/aromatic N) is 1. The summed E-state index contributed by atoms with van der Waals surface area (Å²) in [6.07, 6.45) is 1.13. The van der Waals surface area contributed by atoms with Crippen LogP contribution in [0.4, 0.5) is 8.78 Å². The zero-order valence-electron chi connectivity index (χ0n) is 16.5. The summed E-state index contributed by atoms with van der Waals surface area (Å²) in [5.41, 5.74) is 1.57. The van der Waals surface area contributed by atoms with Crippen molar-refractivity contribution in [2.75, 3.05) is 6.61 Å². The Morgan fingerprint density at radius 3 is 2.43 bits per heavy atom. The maximum Gasteiger partial charge on any atom is 0.191 e. The molecule has 0 aliphatic carbocycles. The summed E-state index contributed by atoms with van der Waals surface area (Å²) in [6, 6.07) is 7.35. The standard InChI is InChI=1S/C21H23F2NO2S2/c1-6-26-20(27)14-9-7-8-13(2)18(14)19-15(16(22)10-11-17(19)23)12-24-28(25)21(3,4)5/h7-12H,6H2,1-5H3/b24-12+. The molecular formula is C21H23F2NO2S2. The van der Waals surface area contributed by atoms with Crippen molar-refractivity contribution in [1.29, 1.82) is 0 Å². The topological polar surface area (TPSA) is 44.6 Å². The molecule has 0 amide bonds. The van der Waals surface area contributed by atoms with E-state index < -0.39 is 27.7 Å². The molecule has 2 rings (SSSR count). The molecule has 0 saturated heterocycles. The molecule has 0 heterocycles. The highest BCUT2D eigenvalue weighted by molar-refractivity contribution is 7.91. The SMILES string of the molecule is CCOC(=S)c1cccc(C)c1-c1c(F)ccc(F)c1/C=N/[S+]([O-])C(C)(C)C. The number of benzene rings is 2. The highest BCUT2D eigenvalue weighted by Crippen LogP contribution is 2.34. The molecule has 3 nitrogen and oxygen atoms in total. The van der Waals surface area contributed by atoms with E-state index in [1.807, 2.05) is 0 Å². The number of halogens is 2. The van der Waals surface area contributed by atoms with E-state index in [1.54, 1.807) is 52.8 Å². The quantitative estimate of drug-likeness (QED) is 0.361. The zero-order chi connectivity index (χ0) is 21.1. The van der Waals surface area contributed by atoms with Crippen LogP contribution in [0.15, 0.2) is 34.7 Å². The van der Waals surface area contributed by atoms with Gasteiger partial charge in [0.1, 0.15) is 27.7 Å². The Morgan fingerprint density at radius 1 is 1.18 bits per heavy atom. The average molecular weight is 424 g/mol. The lowest BCUT2D eigenvalue weighted by molar-refractivity contribution is 0.337. The summed E-state index contributed by atoms with van der Waals surface area (Å²) >= 11 is 3.71. The molecule has 0 radical (unpaired) electrons. The van der Waals surface area contributed by atoms with Gasteiger partial charge in [-0.3, -0.25) is 0 Å². The van der Waals surface area contributed by atoms with Gasteiger partial charge in [0.25, 0.3) is 0 Å². The van der Waals surface area contributed by atoms with Gasteiger partial charge in [-0.15, -0.1) is 0 Å². The van der Waals surface area contributed by atoms with Crippen LogP contribution in [0.5, 0.6) is 0 Å². The summed E-state index contributed by atoms with van der Waals surface area (Å²) in [7, 11) is 0. The monoisotopic (exact) mass is 423 g/mol. The van der Waals surface area contributed by atoms with Crippen molar-refractivity contribution in [2.45, 2.75) is 39.4 Å². The molecule has 150 valence electrons. The third kappa shape index (κ3) is 4.96. The maximum absolute atomic E-state index is 14.9. The number of hydrogen-bond acceptors (Lipinski definition) is 4. The number of thiocarbonyl (C=S) groups is 1. The van der Waals surface area contributed by atoms with Crippen molar-refractivity contribution in [3.63, 3.8) is 0 Å². The van der Waals surface area contributed by atoms with Gasteiger partial charge in [0.05, 0.1) is 12.8 Å². The zero-order valence-corrected chi connectivity index (χ0v) is 18.1. The van der Waals surface area contributed by atoms with Crippen LogP contribution >= 0.6 is 12.2 Å². The summed E-state index contributed by atoms with van der Waals surface area (Å²) in [6.45, 7) is 9.20. The predicted molar refractivity (Wildman–Crippen MR) is 115 cm³/mol. The van der Waals surface area contributed by atoms with E-state index >= 15 is 0 Å². The minimum Gasteiger partial charge on any atom is -0.591 e. The van der Waals surface area contributed by atoms with E-state index in [2.05, 4.69) is 4.40 Å². The lowest BCUT2D eigenvalue weighted by Gasteiger charge is -2.19. The van der Waals surface area contributed by atoms with E-state index in [0.29, 0.717) is 23.3 Å². The van der Waals surface area contributed by atoms with Gasteiger partial charge in [-0.25, -0.2) is 8.78 Å². The molecule has 0 N–H and O–H groups in total. The second kappa shape index (κ2) is 9.11. The number of hydrogen-bond donors (Lipinski definition) is 0. The highest BCUT2D eigenvalue weighted by atomic mass is 32.2. The molecule has 0 spiro atoms. The van der Waals surface area contributed by atoms with Crippen molar-refractivity contribution in [3.05, 3.63) is 58.7 Å². The number of rotatable bonds is 5. The Labute approximate surface area is 173 Å². The first kappa shape index (κ1) is 22.5. The van der Waals surface area contributed by atoms with Gasteiger partial charge in [-0.1, -0.05) is 16.5 Å². The molecule has 2 aromatic rings. The Morgan fingerprint density at radius 2 is 1.82 bits per heavy atom. The molecule has 2 aromatic carbocycles. The van der Waals surface area contributed by atoms with Crippen molar-refractivity contribution >= 4 is 34.8 Å². The molecule has 1 atom stereocenters. The fraction of sp³-hybridized carbons (Fsp3) is 0.333. The van der Waals surface area contributed by atoms with Crippen molar-refractivity contribution in [1.82, 2.24) is 0 Å². The fourth-order valence-electron chi connectivity index (χ4n) is 2.59. The van der Waals surface area contributed by atoms with Crippen LogP contribution in [0.25, 0.3) is 11.1 Å². The Bertz CT molecular complexity index is 908. The molecular weight excluding hydrogens is 400 g/mol. The summed E-state index contributed by atoms with van der Waals surface area (Å²) in [5.74, 6) is -1.29. The predicted octanol–water partition coefficient (Wildman–Crippen LogP) is 5.53. The van der Waals surface area contributed by atoms with E-state index in [1.165, 1.54) is 0 Å². The Hall–Kier alpha value is -1.83. The maximum atomic E-state index is 14.9. The number of ether oxygens (including phenoxy) is 1. The smallest absolute Gasteiger partial charge is 0.191 e. The van der Waals surface area contributed by atoms with Crippen molar-refractivity contribution in [3.8, 4) is 11.1 Å². The van der Waals surface area contributed by atoms with Crippen molar-refractivity contribution < 1.29 is 18.1 Å². The first-order valence-corrected chi connectivity index (χ1v) is 10.3. The molecule has 0 saturated carbocycles. The molecule has 0 aliphatic rings. The normalized spacial score (nSPS) is 13.0. The minimum atomic E-state index is -1.61. The third-order valence-electron chi connectivity index (χ3n) is 3.96. The van der Waals surface area contributed by atoms with E-state index in [0.717, 1.165) is 18.3 Å². The van der Waals surface area contributed by atoms with E-state index in [-0.39, 0.29) is 16.2 Å². The minimum absolute atomic E-state index is 0.0183. The van der Waals surface area contributed by atoms with Crippen LogP contribution in [0.2, 0.25) is 0 Å². The van der Waals surface area contributed by atoms with Crippen LogP contribution in [0.3, 0.4) is 0 Å². The van der Waals surface area contributed by atoms with Gasteiger partial charge in [0, 0.05) is 22.3 Å². The van der Waals surface area contributed by atoms with Gasteiger partial charge < -0.3 is 9.29 Å². The second-order valence-electron chi connectivity index (χ2n) is 7.13. The largest absolute Gasteiger partial charge is 0.591 e. The van der Waals surface area contributed by atoms with Crippen LogP contribution in [-0.2, 0) is 16.1 Å². The van der Waals surface area contributed by atoms with E-state index in [4.69, 9.17) is 17.0 Å². The van der Waals surface area contributed by atoms with Gasteiger partial charge in [-0.2, -0.15) is 0 Å². The second-order valence-corrected chi connectivity index (χ2v) is 9.44. The lowest BCUT2D eigenvalue weighted by Crippen LogP contribution is -2.26. The highest BCUT2D eigenvalue weighted by Gasteiger charge is 2.27. The van der Waals surface area contributed by atoms with Crippen LogP contribution < -0.4 is 0 Å². The van der Waals surface area contributed by atoms with Crippen LogP contribution in [0.1, 0.15) is 44.4 Å². The first-order valence-electron chi connectivity index (χ1n) is 8.79. The molecule has 0 aromatic heterocycles. The van der Waals surface area contributed by atoms with Gasteiger partial charge in [0.2, 0.25) is 0 Å². The Balaban J connectivity index is 2.73. The summed E-state index contributed by atoms with van der Waals surface area (Å²) in [4.78, 5) is 0. The van der Waals surface area contributed by atoms with Gasteiger partial charge >= 0.3 is 0 Å². The first-order chi connectivity index (χ1) is 13.1. The molecule has 0 fully saturated rings. The molecule has 0 bridgehead atoms. The lowest BCUT2D eigenvalue weighted by atomic mass is 9.91. The van der Waals surface area contributed by atoms with E-state index in [9.17, 15) is 13.3 Å². The van der Waals surface area contributed by atoms with Gasteiger partial charge in [-0.05, 0) is 70.6 Å².